The van der Waals surface area contributed by atoms with Crippen LogP contribution < -0.4 is 0 Å². The van der Waals surface area contributed by atoms with Crippen molar-refractivity contribution in [1.29, 1.82) is 0 Å². The van der Waals surface area contributed by atoms with E-state index in [1.54, 1.807) is 6.26 Å². The fraction of sp³-hybridized carbons (Fsp3) is 0.273. The first-order valence-corrected chi connectivity index (χ1v) is 11.0. The fourth-order valence-electron chi connectivity index (χ4n) is 4.15. The van der Waals surface area contributed by atoms with Gasteiger partial charge in [-0.3, -0.25) is 4.90 Å². The number of fused-ring (bicyclic) bond motifs is 1. The topological polar surface area (TPSA) is 39.1 Å². The molecule has 4 heterocycles. The van der Waals surface area contributed by atoms with E-state index in [9.17, 15) is 0 Å². The summed E-state index contributed by atoms with van der Waals surface area (Å²) in [5, 5.41) is 7.06. The van der Waals surface area contributed by atoms with E-state index < -0.39 is 0 Å². The third-order valence-corrected chi connectivity index (χ3v) is 7.12. The first-order chi connectivity index (χ1) is 14.1. The van der Waals surface area contributed by atoms with Gasteiger partial charge in [-0.1, -0.05) is 30.3 Å². The van der Waals surface area contributed by atoms with Crippen LogP contribution in [0.4, 0.5) is 0 Å². The molecule has 5 nitrogen and oxygen atoms in total. The summed E-state index contributed by atoms with van der Waals surface area (Å²) in [4.78, 5) is 3.95. The van der Waals surface area contributed by atoms with E-state index >= 15 is 0 Å². The Morgan fingerprint density at radius 3 is 2.79 bits per heavy atom. The molecule has 1 aliphatic rings. The van der Waals surface area contributed by atoms with E-state index in [0.717, 1.165) is 30.1 Å². The van der Waals surface area contributed by atoms with Gasteiger partial charge in [-0.05, 0) is 54.2 Å². The lowest BCUT2D eigenvalue weighted by atomic mass is 9.94. The Balaban J connectivity index is 1.53. The maximum atomic E-state index is 5.72. The van der Waals surface area contributed by atoms with Crippen molar-refractivity contribution in [1.82, 2.24) is 19.2 Å². The van der Waals surface area contributed by atoms with Gasteiger partial charge in [0, 0.05) is 18.5 Å². The highest BCUT2D eigenvalue weighted by Gasteiger charge is 2.30. The Bertz CT molecular complexity index is 1200. The van der Waals surface area contributed by atoms with Crippen molar-refractivity contribution in [2.75, 3.05) is 6.54 Å². The van der Waals surface area contributed by atoms with Crippen LogP contribution in [-0.2, 0) is 20.1 Å². The Labute approximate surface area is 178 Å². The molecule has 5 rings (SSSR count). The molecule has 0 N–H and O–H groups in total. The van der Waals surface area contributed by atoms with E-state index in [-0.39, 0.29) is 6.04 Å². The van der Waals surface area contributed by atoms with Gasteiger partial charge in [0.05, 0.1) is 24.5 Å². The van der Waals surface area contributed by atoms with Crippen LogP contribution in [-0.4, -0.2) is 25.8 Å². The number of furan rings is 1. The molecule has 1 aliphatic heterocycles. The third-order valence-electron chi connectivity index (χ3n) is 5.64. The predicted octanol–water partition coefficient (Wildman–Crippen LogP) is 5.19. The van der Waals surface area contributed by atoms with Crippen LogP contribution in [0.5, 0.6) is 0 Å². The van der Waals surface area contributed by atoms with Crippen molar-refractivity contribution < 1.29 is 4.42 Å². The SMILES string of the molecule is Cc1occc1-c1nn(CN2CCc3sccc3C2c2ccccc2)c(=S)n1C. The van der Waals surface area contributed by atoms with Crippen molar-refractivity contribution in [2.24, 2.45) is 7.05 Å². The average Bonchev–Trinajstić information content (AvgIpc) is 3.44. The minimum atomic E-state index is 0.217. The number of aromatic nitrogens is 3. The second-order valence-corrected chi connectivity index (χ2v) is 8.74. The summed E-state index contributed by atoms with van der Waals surface area (Å²) in [5.41, 5.74) is 3.69. The van der Waals surface area contributed by atoms with Gasteiger partial charge in [0.25, 0.3) is 0 Å². The molecule has 1 atom stereocenters. The molecule has 0 fully saturated rings. The van der Waals surface area contributed by atoms with Gasteiger partial charge in [-0.25, -0.2) is 4.68 Å². The van der Waals surface area contributed by atoms with Crippen molar-refractivity contribution in [3.8, 4) is 11.4 Å². The molecule has 0 spiro atoms. The smallest absolute Gasteiger partial charge is 0.199 e. The summed E-state index contributed by atoms with van der Waals surface area (Å²) in [6, 6.07) is 15.1. The van der Waals surface area contributed by atoms with E-state index in [1.165, 1.54) is 16.0 Å². The van der Waals surface area contributed by atoms with Crippen LogP contribution in [0.3, 0.4) is 0 Å². The highest BCUT2D eigenvalue weighted by atomic mass is 32.1. The van der Waals surface area contributed by atoms with Crippen LogP contribution in [0.1, 0.15) is 27.8 Å². The van der Waals surface area contributed by atoms with Gasteiger partial charge in [0.2, 0.25) is 0 Å². The minimum absolute atomic E-state index is 0.217. The molecule has 1 unspecified atom stereocenters. The molecule has 29 heavy (non-hydrogen) atoms. The number of nitrogens with zero attached hydrogens (tertiary/aromatic N) is 4. The third kappa shape index (κ3) is 3.19. The van der Waals surface area contributed by atoms with Crippen LogP contribution >= 0.6 is 23.6 Å². The van der Waals surface area contributed by atoms with E-state index in [1.807, 2.05) is 40.6 Å². The van der Waals surface area contributed by atoms with Gasteiger partial charge >= 0.3 is 0 Å². The Morgan fingerprint density at radius 2 is 2.03 bits per heavy atom. The normalized spacial score (nSPS) is 16.8. The number of hydrogen-bond donors (Lipinski definition) is 0. The van der Waals surface area contributed by atoms with E-state index in [2.05, 4.69) is 46.7 Å². The Hall–Kier alpha value is -2.48. The molecule has 1 aromatic carbocycles. The van der Waals surface area contributed by atoms with Gasteiger partial charge in [-0.2, -0.15) is 5.10 Å². The summed E-state index contributed by atoms with van der Waals surface area (Å²) in [6.45, 7) is 3.58. The van der Waals surface area contributed by atoms with Gasteiger partial charge in [0.15, 0.2) is 10.6 Å². The van der Waals surface area contributed by atoms with Crippen LogP contribution in [0.25, 0.3) is 11.4 Å². The predicted molar refractivity (Wildman–Crippen MR) is 117 cm³/mol. The molecule has 0 saturated carbocycles. The maximum Gasteiger partial charge on any atom is 0.199 e. The van der Waals surface area contributed by atoms with Gasteiger partial charge in [0.1, 0.15) is 5.76 Å². The summed E-state index contributed by atoms with van der Waals surface area (Å²) in [7, 11) is 1.97. The first kappa shape index (κ1) is 18.5. The van der Waals surface area contributed by atoms with E-state index in [0.29, 0.717) is 11.4 Å². The second kappa shape index (κ2) is 7.40. The van der Waals surface area contributed by atoms with Gasteiger partial charge < -0.3 is 8.98 Å². The first-order valence-electron chi connectivity index (χ1n) is 9.67. The van der Waals surface area contributed by atoms with Gasteiger partial charge in [-0.15, -0.1) is 11.3 Å². The number of thiophene rings is 1. The lowest BCUT2D eigenvalue weighted by Gasteiger charge is -2.36. The molecular weight excluding hydrogens is 400 g/mol. The highest BCUT2D eigenvalue weighted by molar-refractivity contribution is 7.71. The molecule has 7 heteroatoms. The minimum Gasteiger partial charge on any atom is -0.469 e. The zero-order valence-electron chi connectivity index (χ0n) is 16.4. The largest absolute Gasteiger partial charge is 0.469 e. The molecular formula is C22H22N4OS2. The van der Waals surface area contributed by atoms with Crippen molar-refractivity contribution in [3.05, 3.63) is 80.6 Å². The number of hydrogen-bond acceptors (Lipinski definition) is 5. The lowest BCUT2D eigenvalue weighted by molar-refractivity contribution is 0.156. The van der Waals surface area contributed by atoms with Crippen molar-refractivity contribution >= 4 is 23.6 Å². The molecule has 0 radical (unpaired) electrons. The lowest BCUT2D eigenvalue weighted by Crippen LogP contribution is -2.37. The van der Waals surface area contributed by atoms with E-state index in [4.69, 9.17) is 21.7 Å². The second-order valence-electron chi connectivity index (χ2n) is 7.37. The summed E-state index contributed by atoms with van der Waals surface area (Å²) >= 11 is 7.58. The molecule has 3 aromatic heterocycles. The maximum absolute atomic E-state index is 5.72. The Kier molecular flexibility index (Phi) is 4.73. The molecule has 0 bridgehead atoms. The molecule has 0 aliphatic carbocycles. The quantitative estimate of drug-likeness (QED) is 0.425. The zero-order chi connectivity index (χ0) is 20.0. The highest BCUT2D eigenvalue weighted by Crippen LogP contribution is 2.38. The Morgan fingerprint density at radius 1 is 1.21 bits per heavy atom. The molecule has 0 amide bonds. The monoisotopic (exact) mass is 422 g/mol. The van der Waals surface area contributed by atoms with Crippen LogP contribution in [0.15, 0.2) is 58.5 Å². The number of rotatable bonds is 4. The molecule has 4 aromatic rings. The summed E-state index contributed by atoms with van der Waals surface area (Å²) in [5.74, 6) is 1.69. The van der Waals surface area contributed by atoms with Crippen molar-refractivity contribution in [2.45, 2.75) is 26.1 Å². The average molecular weight is 423 g/mol. The summed E-state index contributed by atoms with van der Waals surface area (Å²) in [6.07, 6.45) is 2.76. The molecule has 148 valence electrons. The molecule has 0 saturated heterocycles. The zero-order valence-corrected chi connectivity index (χ0v) is 18.0. The fourth-order valence-corrected chi connectivity index (χ4v) is 5.24. The number of aryl methyl sites for hydroxylation is 1. The summed E-state index contributed by atoms with van der Waals surface area (Å²) < 4.78 is 10.1. The standard InChI is InChI=1S/C22H22N4OS2/c1-15-17(9-12-27-15)21-23-26(22(28)24(21)2)14-25-11-8-19-18(10-13-29-19)20(25)16-6-4-3-5-7-16/h3-7,9-10,12-13,20H,8,11,14H2,1-2H3. The van der Waals surface area contributed by atoms with Crippen LogP contribution in [0.2, 0.25) is 0 Å². The van der Waals surface area contributed by atoms with Crippen molar-refractivity contribution in [3.63, 3.8) is 0 Å². The van der Waals surface area contributed by atoms with Crippen LogP contribution in [0, 0.1) is 11.7 Å². The number of benzene rings is 1.